The minimum absolute atomic E-state index is 0.141. The van der Waals surface area contributed by atoms with Gasteiger partial charge in [-0.05, 0) is 32.0 Å². The van der Waals surface area contributed by atoms with E-state index in [-0.39, 0.29) is 11.5 Å². The van der Waals surface area contributed by atoms with Gasteiger partial charge in [0.1, 0.15) is 11.7 Å². The normalized spacial score (nSPS) is 12.0. The summed E-state index contributed by atoms with van der Waals surface area (Å²) in [5.41, 5.74) is 1.90. The first-order valence-electron chi connectivity index (χ1n) is 6.66. The van der Waals surface area contributed by atoms with E-state index in [4.69, 9.17) is 9.84 Å². The smallest absolute Gasteiger partial charge is 0.339 e. The van der Waals surface area contributed by atoms with E-state index in [9.17, 15) is 9.59 Å². The lowest BCUT2D eigenvalue weighted by Gasteiger charge is -2.12. The van der Waals surface area contributed by atoms with Crippen molar-refractivity contribution in [1.29, 1.82) is 0 Å². The molecule has 2 N–H and O–H groups in total. The molecule has 0 radical (unpaired) electrons. The zero-order chi connectivity index (χ0) is 16.3. The molecule has 7 heteroatoms. The molecule has 0 aliphatic carbocycles. The van der Waals surface area contributed by atoms with Gasteiger partial charge in [0.25, 0.3) is 5.91 Å². The second kappa shape index (κ2) is 6.40. The average Bonchev–Trinajstić information content (AvgIpc) is 2.88. The van der Waals surface area contributed by atoms with Crippen LogP contribution in [0.25, 0.3) is 5.69 Å². The lowest BCUT2D eigenvalue weighted by atomic mass is 10.2. The van der Waals surface area contributed by atoms with Gasteiger partial charge >= 0.3 is 5.97 Å². The number of hydrogen-bond donors (Lipinski definition) is 2. The zero-order valence-corrected chi connectivity index (χ0v) is 12.5. The third-order valence-electron chi connectivity index (χ3n) is 3.32. The van der Waals surface area contributed by atoms with Gasteiger partial charge < -0.3 is 15.2 Å². The van der Waals surface area contributed by atoms with Crippen molar-refractivity contribution in [3.8, 4) is 5.69 Å². The second-order valence-electron chi connectivity index (χ2n) is 4.78. The van der Waals surface area contributed by atoms with Crippen LogP contribution < -0.4 is 5.32 Å². The van der Waals surface area contributed by atoms with Crippen molar-refractivity contribution in [3.05, 3.63) is 41.7 Å². The molecule has 0 saturated carbocycles. The number of ether oxygens (including phenoxy) is 1. The Kier molecular flexibility index (Phi) is 4.57. The van der Waals surface area contributed by atoms with Crippen molar-refractivity contribution < 1.29 is 19.4 Å². The summed E-state index contributed by atoms with van der Waals surface area (Å²) in [6.45, 7) is 3.32. The van der Waals surface area contributed by atoms with Crippen molar-refractivity contribution in [1.82, 2.24) is 9.78 Å². The maximum atomic E-state index is 11.8. The van der Waals surface area contributed by atoms with Gasteiger partial charge in [-0.25, -0.2) is 9.48 Å². The van der Waals surface area contributed by atoms with Gasteiger partial charge in [0, 0.05) is 12.8 Å². The molecule has 0 fully saturated rings. The molecule has 0 aliphatic heterocycles. The number of carboxylic acid groups (broad SMARTS) is 1. The van der Waals surface area contributed by atoms with Crippen LogP contribution in [0.1, 0.15) is 23.0 Å². The van der Waals surface area contributed by atoms with Gasteiger partial charge in [-0.2, -0.15) is 5.10 Å². The Hall–Kier alpha value is -2.67. The average molecular weight is 303 g/mol. The minimum atomic E-state index is -1.03. The van der Waals surface area contributed by atoms with Gasteiger partial charge in [0.15, 0.2) is 0 Å². The second-order valence-corrected chi connectivity index (χ2v) is 4.78. The van der Waals surface area contributed by atoms with Crippen LogP contribution in [-0.4, -0.2) is 40.0 Å². The number of methoxy groups -OCH3 is 1. The van der Waals surface area contributed by atoms with Crippen molar-refractivity contribution in [2.45, 2.75) is 20.0 Å². The number of aromatic nitrogens is 2. The lowest BCUT2D eigenvalue weighted by molar-refractivity contribution is -0.124. The summed E-state index contributed by atoms with van der Waals surface area (Å²) in [5.74, 6) is -1.29. The summed E-state index contributed by atoms with van der Waals surface area (Å²) >= 11 is 0. The fraction of sp³-hybridized carbons (Fsp3) is 0.267. The summed E-state index contributed by atoms with van der Waals surface area (Å²) < 4.78 is 6.47. The molecule has 1 aromatic heterocycles. The van der Waals surface area contributed by atoms with Crippen LogP contribution in [0.5, 0.6) is 0 Å². The number of anilines is 1. The molecule has 0 bridgehead atoms. The standard InChI is InChI=1S/C15H17N3O4/c1-9-13(15(20)21)8-16-18(9)12-6-4-5-11(7-12)17-14(19)10(2)22-3/h4-8,10H,1-3H3,(H,17,19)(H,20,21). The SMILES string of the molecule is COC(C)C(=O)Nc1cccc(-n2ncc(C(=O)O)c2C)c1. The number of carbonyl (C=O) groups is 2. The molecular weight excluding hydrogens is 286 g/mol. The summed E-state index contributed by atoms with van der Waals surface area (Å²) in [5, 5.41) is 15.9. The van der Waals surface area contributed by atoms with Gasteiger partial charge in [-0.1, -0.05) is 6.07 Å². The van der Waals surface area contributed by atoms with Crippen LogP contribution in [0.2, 0.25) is 0 Å². The van der Waals surface area contributed by atoms with Crippen molar-refractivity contribution >= 4 is 17.6 Å². The number of carboxylic acids is 1. The number of nitrogens with one attached hydrogen (secondary N) is 1. The predicted molar refractivity (Wildman–Crippen MR) is 80.4 cm³/mol. The first-order chi connectivity index (χ1) is 10.4. The van der Waals surface area contributed by atoms with E-state index < -0.39 is 12.1 Å². The molecule has 22 heavy (non-hydrogen) atoms. The number of amides is 1. The van der Waals surface area contributed by atoms with Crippen molar-refractivity contribution in [2.75, 3.05) is 12.4 Å². The molecule has 0 saturated heterocycles. The van der Waals surface area contributed by atoms with Crippen molar-refractivity contribution in [2.24, 2.45) is 0 Å². The van der Waals surface area contributed by atoms with E-state index in [1.807, 2.05) is 0 Å². The number of nitrogens with zero attached hydrogens (tertiary/aromatic N) is 2. The highest BCUT2D eigenvalue weighted by atomic mass is 16.5. The number of hydrogen-bond acceptors (Lipinski definition) is 4. The summed E-state index contributed by atoms with van der Waals surface area (Å²) in [6.07, 6.45) is 0.740. The predicted octanol–water partition coefficient (Wildman–Crippen LogP) is 1.85. The van der Waals surface area contributed by atoms with E-state index >= 15 is 0 Å². The Morgan fingerprint density at radius 3 is 2.73 bits per heavy atom. The molecule has 7 nitrogen and oxygen atoms in total. The highest BCUT2D eigenvalue weighted by molar-refractivity contribution is 5.94. The van der Waals surface area contributed by atoms with E-state index in [0.717, 1.165) is 0 Å². The number of rotatable bonds is 5. The summed E-state index contributed by atoms with van der Waals surface area (Å²) in [4.78, 5) is 22.9. The minimum Gasteiger partial charge on any atom is -0.478 e. The first kappa shape index (κ1) is 15.7. The van der Waals surface area contributed by atoms with Gasteiger partial charge in [-0.3, -0.25) is 4.79 Å². The monoisotopic (exact) mass is 303 g/mol. The third-order valence-corrected chi connectivity index (χ3v) is 3.32. The maximum Gasteiger partial charge on any atom is 0.339 e. The first-order valence-corrected chi connectivity index (χ1v) is 6.66. The Balaban J connectivity index is 2.29. The molecule has 1 atom stereocenters. The Morgan fingerprint density at radius 2 is 2.14 bits per heavy atom. The van der Waals surface area contributed by atoms with Crippen LogP contribution >= 0.6 is 0 Å². The van der Waals surface area contributed by atoms with E-state index in [0.29, 0.717) is 17.1 Å². The largest absolute Gasteiger partial charge is 0.478 e. The quantitative estimate of drug-likeness (QED) is 0.879. The Morgan fingerprint density at radius 1 is 1.41 bits per heavy atom. The summed E-state index contributed by atoms with van der Waals surface area (Å²) in [7, 11) is 1.46. The van der Waals surface area contributed by atoms with Gasteiger partial charge in [0.05, 0.1) is 17.6 Å². The molecule has 1 heterocycles. The molecule has 2 aromatic rings. The topological polar surface area (TPSA) is 93.5 Å². The molecule has 1 amide bonds. The Labute approximate surface area is 127 Å². The molecule has 1 unspecified atom stereocenters. The molecule has 0 aliphatic rings. The molecule has 116 valence electrons. The molecular formula is C15H17N3O4. The van der Waals surface area contributed by atoms with Crippen LogP contribution in [0.4, 0.5) is 5.69 Å². The molecule has 1 aromatic carbocycles. The van der Waals surface area contributed by atoms with E-state index in [2.05, 4.69) is 10.4 Å². The molecule has 0 spiro atoms. The maximum absolute atomic E-state index is 11.8. The van der Waals surface area contributed by atoms with E-state index in [1.54, 1.807) is 38.1 Å². The third kappa shape index (κ3) is 3.15. The Bertz CT molecular complexity index is 709. The summed E-state index contributed by atoms with van der Waals surface area (Å²) in [6, 6.07) is 6.98. The number of benzene rings is 1. The highest BCUT2D eigenvalue weighted by Crippen LogP contribution is 2.18. The fourth-order valence-corrected chi connectivity index (χ4v) is 1.95. The van der Waals surface area contributed by atoms with E-state index in [1.165, 1.54) is 18.0 Å². The van der Waals surface area contributed by atoms with Crippen LogP contribution in [-0.2, 0) is 9.53 Å². The van der Waals surface area contributed by atoms with Crippen LogP contribution in [0.3, 0.4) is 0 Å². The van der Waals surface area contributed by atoms with Crippen LogP contribution in [0, 0.1) is 6.92 Å². The van der Waals surface area contributed by atoms with Crippen molar-refractivity contribution in [3.63, 3.8) is 0 Å². The van der Waals surface area contributed by atoms with Crippen LogP contribution in [0.15, 0.2) is 30.5 Å². The number of carbonyl (C=O) groups excluding carboxylic acids is 1. The molecule has 2 rings (SSSR count). The zero-order valence-electron chi connectivity index (χ0n) is 12.5. The lowest BCUT2D eigenvalue weighted by Crippen LogP contribution is -2.26. The number of aromatic carboxylic acids is 1. The highest BCUT2D eigenvalue weighted by Gasteiger charge is 2.15. The van der Waals surface area contributed by atoms with Gasteiger partial charge in [0.2, 0.25) is 0 Å². The van der Waals surface area contributed by atoms with Gasteiger partial charge in [-0.15, -0.1) is 0 Å². The fourth-order valence-electron chi connectivity index (χ4n) is 1.95.